The third kappa shape index (κ3) is 5.36. The summed E-state index contributed by atoms with van der Waals surface area (Å²) in [6.45, 7) is 13.9. The molecule has 0 spiro atoms. The van der Waals surface area contributed by atoms with E-state index in [1.807, 2.05) is 0 Å². The molecule has 0 aliphatic heterocycles. The van der Waals surface area contributed by atoms with Gasteiger partial charge in [0.05, 0.1) is 0 Å². The zero-order valence-electron chi connectivity index (χ0n) is 14.8. The second kappa shape index (κ2) is 9.37. The lowest BCUT2D eigenvalue weighted by Gasteiger charge is -2.43. The van der Waals surface area contributed by atoms with E-state index < -0.39 is 14.8 Å². The lowest BCUT2D eigenvalue weighted by atomic mass is 10.3. The molecule has 0 aromatic rings. The number of hydrogen-bond acceptors (Lipinski definition) is 3. The maximum atomic E-state index is 2.65. The molecule has 0 N–H and O–H groups in total. The third-order valence-corrected chi connectivity index (χ3v) is 8.66. The highest BCUT2D eigenvalue weighted by molar-refractivity contribution is 6.49. The van der Waals surface area contributed by atoms with Crippen LogP contribution in [-0.2, 0) is 0 Å². The van der Waals surface area contributed by atoms with Crippen LogP contribution in [0, 0.1) is 0 Å². The Morgan fingerprint density at radius 2 is 0.842 bits per heavy atom. The van der Waals surface area contributed by atoms with Crippen LogP contribution < -0.4 is 0 Å². The Morgan fingerprint density at radius 1 is 0.632 bits per heavy atom. The quantitative estimate of drug-likeness (QED) is 0.603. The Labute approximate surface area is 127 Å². The number of hydrogen-bond donors (Lipinski definition) is 0. The maximum absolute atomic E-state index is 2.65. The Bertz CT molecular complexity index is 199. The smallest absolute Gasteiger partial charge is 0.357 e. The SMILES string of the molecule is CCC(C)[N](C)[Al]([N](C)C(C)CC)[N](C)C(C)CC. The van der Waals surface area contributed by atoms with Gasteiger partial charge in [-0.15, -0.1) is 0 Å². The Balaban J connectivity index is 5.12. The minimum atomic E-state index is -1.24. The Kier molecular flexibility index (Phi) is 9.57. The highest BCUT2D eigenvalue weighted by atomic mass is 27.2. The molecule has 114 valence electrons. The summed E-state index contributed by atoms with van der Waals surface area (Å²) in [6.07, 6.45) is 3.67. The molecule has 0 aliphatic carbocycles. The van der Waals surface area contributed by atoms with Gasteiger partial charge in [0.25, 0.3) is 0 Å². The molecule has 3 atom stereocenters. The van der Waals surface area contributed by atoms with Crippen molar-refractivity contribution in [3.05, 3.63) is 0 Å². The van der Waals surface area contributed by atoms with Gasteiger partial charge in [-0.1, -0.05) is 41.5 Å². The van der Waals surface area contributed by atoms with Gasteiger partial charge in [-0.3, -0.25) is 0 Å². The standard InChI is InChI=1S/3C5H12N.Al/c3*1-4-5(2)6-3;/h3*5H,4H2,1-3H3;/q3*-1;+3. The first-order valence-corrected chi connectivity index (χ1v) is 9.52. The summed E-state index contributed by atoms with van der Waals surface area (Å²) in [5.41, 5.74) is 0. The molecule has 0 fully saturated rings. The number of rotatable bonds is 9. The molecule has 0 amide bonds. The van der Waals surface area contributed by atoms with Gasteiger partial charge in [-0.05, 0) is 58.5 Å². The highest BCUT2D eigenvalue weighted by Gasteiger charge is 2.41. The summed E-state index contributed by atoms with van der Waals surface area (Å²) >= 11 is -1.24. The van der Waals surface area contributed by atoms with E-state index in [2.05, 4.69) is 74.3 Å². The van der Waals surface area contributed by atoms with Gasteiger partial charge >= 0.3 is 14.8 Å². The molecule has 0 heterocycles. The van der Waals surface area contributed by atoms with Crippen LogP contribution in [0.15, 0.2) is 0 Å². The highest BCUT2D eigenvalue weighted by Crippen LogP contribution is 2.16. The maximum Gasteiger partial charge on any atom is 0.609 e. The summed E-state index contributed by atoms with van der Waals surface area (Å²) in [5.74, 6) is 0. The van der Waals surface area contributed by atoms with E-state index in [1.165, 1.54) is 19.3 Å². The Hall–Kier alpha value is 0.412. The fraction of sp³-hybridized carbons (Fsp3) is 1.00. The minimum Gasteiger partial charge on any atom is -0.357 e. The second-order valence-electron chi connectivity index (χ2n) is 6.11. The van der Waals surface area contributed by atoms with E-state index in [0.717, 1.165) is 0 Å². The summed E-state index contributed by atoms with van der Waals surface area (Å²) in [7, 11) is 6.97. The summed E-state index contributed by atoms with van der Waals surface area (Å²) in [4.78, 5) is 0. The first-order chi connectivity index (χ1) is 8.81. The molecule has 0 rings (SSSR count). The summed E-state index contributed by atoms with van der Waals surface area (Å²) < 4.78 is 7.95. The largest absolute Gasteiger partial charge is 0.609 e. The van der Waals surface area contributed by atoms with Crippen LogP contribution in [0.25, 0.3) is 0 Å². The second-order valence-corrected chi connectivity index (χ2v) is 9.25. The van der Waals surface area contributed by atoms with Gasteiger partial charge in [0, 0.05) is 0 Å². The molecule has 0 saturated carbocycles. The molecule has 0 saturated heterocycles. The molecule has 0 radical (unpaired) electrons. The lowest BCUT2D eigenvalue weighted by molar-refractivity contribution is 0.236. The monoisotopic (exact) mass is 285 g/mol. The van der Waals surface area contributed by atoms with Crippen LogP contribution in [0.2, 0.25) is 0 Å². The van der Waals surface area contributed by atoms with Crippen LogP contribution in [-0.4, -0.2) is 65.7 Å². The lowest BCUT2D eigenvalue weighted by Crippen LogP contribution is -2.65. The van der Waals surface area contributed by atoms with Crippen LogP contribution in [0.4, 0.5) is 0 Å². The van der Waals surface area contributed by atoms with Crippen molar-refractivity contribution in [3.8, 4) is 0 Å². The van der Waals surface area contributed by atoms with Crippen molar-refractivity contribution in [3.63, 3.8) is 0 Å². The van der Waals surface area contributed by atoms with Gasteiger partial charge in [-0.25, -0.2) is 0 Å². The normalized spacial score (nSPS) is 17.1. The van der Waals surface area contributed by atoms with E-state index >= 15 is 0 Å². The van der Waals surface area contributed by atoms with Crippen molar-refractivity contribution < 1.29 is 0 Å². The molecule has 0 aromatic carbocycles. The van der Waals surface area contributed by atoms with Crippen molar-refractivity contribution in [1.82, 2.24) is 11.7 Å². The predicted octanol–water partition coefficient (Wildman–Crippen LogP) is 3.16. The molecule has 0 aromatic heterocycles. The van der Waals surface area contributed by atoms with Crippen LogP contribution in [0.5, 0.6) is 0 Å². The van der Waals surface area contributed by atoms with E-state index in [-0.39, 0.29) is 0 Å². The fourth-order valence-electron chi connectivity index (χ4n) is 2.41. The zero-order chi connectivity index (χ0) is 15.2. The summed E-state index contributed by atoms with van der Waals surface area (Å²) in [6, 6.07) is 1.99. The number of nitrogens with zero attached hydrogens (tertiary/aromatic N) is 3. The molecule has 4 heteroatoms. The first kappa shape index (κ1) is 19.4. The fourth-order valence-corrected chi connectivity index (χ4v) is 6.13. The van der Waals surface area contributed by atoms with Crippen LogP contribution in [0.3, 0.4) is 0 Å². The van der Waals surface area contributed by atoms with E-state index in [0.29, 0.717) is 18.1 Å². The van der Waals surface area contributed by atoms with Crippen molar-refractivity contribution in [2.24, 2.45) is 0 Å². The van der Waals surface area contributed by atoms with Crippen molar-refractivity contribution in [1.29, 1.82) is 0 Å². The van der Waals surface area contributed by atoms with Crippen molar-refractivity contribution in [2.75, 3.05) is 21.1 Å². The summed E-state index contributed by atoms with van der Waals surface area (Å²) in [5, 5.41) is 0. The van der Waals surface area contributed by atoms with Crippen molar-refractivity contribution in [2.45, 2.75) is 78.9 Å². The molecule has 0 aliphatic rings. The van der Waals surface area contributed by atoms with Gasteiger partial charge in [0.1, 0.15) is 0 Å². The van der Waals surface area contributed by atoms with Gasteiger partial charge in [0.15, 0.2) is 0 Å². The van der Waals surface area contributed by atoms with E-state index in [4.69, 9.17) is 0 Å². The first-order valence-electron chi connectivity index (χ1n) is 7.97. The predicted molar refractivity (Wildman–Crippen MR) is 88.3 cm³/mol. The molecule has 3 unspecified atom stereocenters. The van der Waals surface area contributed by atoms with Gasteiger partial charge in [0.2, 0.25) is 0 Å². The van der Waals surface area contributed by atoms with Crippen LogP contribution >= 0.6 is 0 Å². The zero-order valence-corrected chi connectivity index (χ0v) is 15.9. The van der Waals surface area contributed by atoms with E-state index in [1.54, 1.807) is 0 Å². The third-order valence-electron chi connectivity index (χ3n) is 4.95. The van der Waals surface area contributed by atoms with Crippen molar-refractivity contribution >= 4 is 14.8 Å². The molecule has 19 heavy (non-hydrogen) atoms. The molecular weight excluding hydrogens is 249 g/mol. The Morgan fingerprint density at radius 3 is 1.00 bits per heavy atom. The minimum absolute atomic E-state index is 0.662. The topological polar surface area (TPSA) is 9.72 Å². The molecule has 0 bridgehead atoms. The molecule has 3 nitrogen and oxygen atoms in total. The van der Waals surface area contributed by atoms with Gasteiger partial charge < -0.3 is 11.7 Å². The van der Waals surface area contributed by atoms with Gasteiger partial charge in [-0.2, -0.15) is 0 Å². The van der Waals surface area contributed by atoms with E-state index in [9.17, 15) is 0 Å². The molecular formula is C15H36AlN3. The van der Waals surface area contributed by atoms with Crippen LogP contribution in [0.1, 0.15) is 60.8 Å². The average molecular weight is 285 g/mol. The average Bonchev–Trinajstić information content (AvgIpc) is 2.43.